The lowest BCUT2D eigenvalue weighted by Gasteiger charge is -2.27. The molecule has 5 nitrogen and oxygen atoms in total. The fourth-order valence-electron chi connectivity index (χ4n) is 1.94. The van der Waals surface area contributed by atoms with Gasteiger partial charge in [-0.2, -0.15) is 4.31 Å². The Labute approximate surface area is 101 Å². The molecule has 0 atom stereocenters. The van der Waals surface area contributed by atoms with Crippen LogP contribution in [0.2, 0.25) is 0 Å². The van der Waals surface area contributed by atoms with Crippen LogP contribution in [0.15, 0.2) is 23.1 Å². The highest BCUT2D eigenvalue weighted by Gasteiger charge is 2.29. The highest BCUT2D eigenvalue weighted by atomic mass is 32.2. The number of nitrogens with zero attached hydrogens (tertiary/aromatic N) is 1. The minimum atomic E-state index is -3.50. The fourth-order valence-corrected chi connectivity index (χ4v) is 3.67. The molecule has 1 heterocycles. The molecule has 2 N–H and O–H groups in total. The summed E-state index contributed by atoms with van der Waals surface area (Å²) in [4.78, 5) is 0.224. The van der Waals surface area contributed by atoms with Gasteiger partial charge in [0.05, 0.1) is 18.9 Å². The van der Waals surface area contributed by atoms with E-state index in [2.05, 4.69) is 0 Å². The van der Waals surface area contributed by atoms with Crippen molar-refractivity contribution in [3.05, 3.63) is 23.8 Å². The summed E-state index contributed by atoms with van der Waals surface area (Å²) in [6, 6.07) is 5.12. The minimum absolute atomic E-state index is 0.224. The first-order valence-corrected chi connectivity index (χ1v) is 6.90. The highest BCUT2D eigenvalue weighted by molar-refractivity contribution is 7.89. The number of nitrogen functional groups attached to an aromatic ring is 1. The van der Waals surface area contributed by atoms with Crippen LogP contribution in [-0.4, -0.2) is 39.0 Å². The third kappa shape index (κ3) is 2.29. The first kappa shape index (κ1) is 12.3. The zero-order chi connectivity index (χ0) is 12.5. The van der Waals surface area contributed by atoms with Gasteiger partial charge in [-0.05, 0) is 18.6 Å². The number of ether oxygens (including phenoxy) is 1. The van der Waals surface area contributed by atoms with Crippen LogP contribution in [0.5, 0.6) is 0 Å². The molecule has 1 fully saturated rings. The van der Waals surface area contributed by atoms with Crippen LogP contribution in [0, 0.1) is 6.92 Å². The van der Waals surface area contributed by atoms with E-state index in [0.29, 0.717) is 37.6 Å². The summed E-state index contributed by atoms with van der Waals surface area (Å²) in [7, 11) is -3.50. The molecule has 1 aliphatic rings. The number of hydrogen-bond acceptors (Lipinski definition) is 4. The normalized spacial score (nSPS) is 18.2. The Morgan fingerprint density at radius 3 is 2.53 bits per heavy atom. The Hall–Kier alpha value is -1.11. The maximum Gasteiger partial charge on any atom is 0.245 e. The van der Waals surface area contributed by atoms with Crippen molar-refractivity contribution in [2.45, 2.75) is 11.8 Å². The van der Waals surface area contributed by atoms with E-state index in [1.807, 2.05) is 0 Å². The minimum Gasteiger partial charge on any atom is -0.398 e. The topological polar surface area (TPSA) is 72.6 Å². The Kier molecular flexibility index (Phi) is 3.37. The van der Waals surface area contributed by atoms with Gasteiger partial charge in [-0.15, -0.1) is 0 Å². The van der Waals surface area contributed by atoms with Crippen LogP contribution in [0.25, 0.3) is 0 Å². The van der Waals surface area contributed by atoms with E-state index >= 15 is 0 Å². The third-order valence-electron chi connectivity index (χ3n) is 2.81. The molecule has 0 aromatic heterocycles. The number of sulfonamides is 1. The second kappa shape index (κ2) is 4.64. The lowest BCUT2D eigenvalue weighted by molar-refractivity contribution is 0.0730. The van der Waals surface area contributed by atoms with Crippen molar-refractivity contribution >= 4 is 15.7 Å². The van der Waals surface area contributed by atoms with Gasteiger partial charge in [0.2, 0.25) is 10.0 Å². The maximum absolute atomic E-state index is 12.4. The Balaban J connectivity index is 2.44. The van der Waals surface area contributed by atoms with Crippen molar-refractivity contribution in [3.63, 3.8) is 0 Å². The summed E-state index contributed by atoms with van der Waals surface area (Å²) in [5, 5.41) is 0. The van der Waals surface area contributed by atoms with Crippen molar-refractivity contribution in [2.75, 3.05) is 32.0 Å². The van der Waals surface area contributed by atoms with E-state index in [4.69, 9.17) is 10.5 Å². The van der Waals surface area contributed by atoms with Crippen molar-refractivity contribution in [1.29, 1.82) is 0 Å². The first-order valence-electron chi connectivity index (χ1n) is 5.46. The number of hydrogen-bond donors (Lipinski definition) is 1. The molecule has 0 aliphatic carbocycles. The van der Waals surface area contributed by atoms with Gasteiger partial charge < -0.3 is 10.5 Å². The van der Waals surface area contributed by atoms with E-state index in [0.717, 1.165) is 0 Å². The Morgan fingerprint density at radius 2 is 1.94 bits per heavy atom. The monoisotopic (exact) mass is 256 g/mol. The number of anilines is 1. The van der Waals surface area contributed by atoms with Gasteiger partial charge in [-0.25, -0.2) is 8.42 Å². The van der Waals surface area contributed by atoms with Gasteiger partial charge in [-0.1, -0.05) is 12.1 Å². The molecule has 1 aliphatic heterocycles. The molecule has 6 heteroatoms. The molecule has 1 saturated heterocycles. The average Bonchev–Trinajstić information content (AvgIpc) is 2.29. The number of rotatable bonds is 2. The van der Waals surface area contributed by atoms with Gasteiger partial charge in [-0.3, -0.25) is 0 Å². The Bertz CT molecular complexity index is 487. The summed E-state index contributed by atoms with van der Waals surface area (Å²) in [6.07, 6.45) is 0. The molecular weight excluding hydrogens is 240 g/mol. The van der Waals surface area contributed by atoms with Gasteiger partial charge in [0.15, 0.2) is 0 Å². The summed E-state index contributed by atoms with van der Waals surface area (Å²) in [5.41, 5.74) is 6.76. The largest absolute Gasteiger partial charge is 0.398 e. The predicted molar refractivity (Wildman–Crippen MR) is 65.2 cm³/mol. The van der Waals surface area contributed by atoms with Crippen LogP contribution >= 0.6 is 0 Å². The molecule has 0 spiro atoms. The van der Waals surface area contributed by atoms with E-state index in [1.165, 1.54) is 4.31 Å². The van der Waals surface area contributed by atoms with Crippen LogP contribution in [0.4, 0.5) is 5.69 Å². The summed E-state index contributed by atoms with van der Waals surface area (Å²) in [5.74, 6) is 0. The molecule has 0 amide bonds. The highest BCUT2D eigenvalue weighted by Crippen LogP contribution is 2.26. The zero-order valence-electron chi connectivity index (χ0n) is 9.72. The summed E-state index contributed by atoms with van der Waals surface area (Å²) >= 11 is 0. The number of benzene rings is 1. The molecule has 0 saturated carbocycles. The SMILES string of the molecule is Cc1cccc(N)c1S(=O)(=O)N1CCOCC1. The van der Waals surface area contributed by atoms with Gasteiger partial charge >= 0.3 is 0 Å². The molecule has 17 heavy (non-hydrogen) atoms. The number of aryl methyl sites for hydroxylation is 1. The second-order valence-corrected chi connectivity index (χ2v) is 5.88. The average molecular weight is 256 g/mol. The zero-order valence-corrected chi connectivity index (χ0v) is 10.5. The smallest absolute Gasteiger partial charge is 0.245 e. The van der Waals surface area contributed by atoms with E-state index in [9.17, 15) is 8.42 Å². The number of nitrogens with two attached hydrogens (primary N) is 1. The van der Waals surface area contributed by atoms with Crippen LogP contribution in [0.3, 0.4) is 0 Å². The molecule has 1 aromatic carbocycles. The summed E-state index contributed by atoms with van der Waals surface area (Å²) in [6.45, 7) is 3.39. The lowest BCUT2D eigenvalue weighted by Crippen LogP contribution is -2.41. The van der Waals surface area contributed by atoms with Crippen molar-refractivity contribution < 1.29 is 13.2 Å². The molecule has 0 unspecified atom stereocenters. The molecule has 2 rings (SSSR count). The van der Waals surface area contributed by atoms with Crippen LogP contribution < -0.4 is 5.73 Å². The third-order valence-corrected chi connectivity index (χ3v) is 4.93. The summed E-state index contributed by atoms with van der Waals surface area (Å²) < 4.78 is 31.4. The predicted octanol–water partition coefficient (Wildman–Crippen LogP) is 0.598. The van der Waals surface area contributed by atoms with Crippen LogP contribution in [0.1, 0.15) is 5.56 Å². The first-order chi connectivity index (χ1) is 8.03. The molecule has 1 aromatic rings. The standard InChI is InChI=1S/C11H16N2O3S/c1-9-3-2-4-10(12)11(9)17(14,15)13-5-7-16-8-6-13/h2-4H,5-8,12H2,1H3. The maximum atomic E-state index is 12.4. The molecule has 0 bridgehead atoms. The molecule has 94 valence electrons. The quantitative estimate of drug-likeness (QED) is 0.786. The van der Waals surface area contributed by atoms with E-state index < -0.39 is 10.0 Å². The van der Waals surface area contributed by atoms with Crippen molar-refractivity contribution in [1.82, 2.24) is 4.31 Å². The van der Waals surface area contributed by atoms with Gasteiger partial charge in [0.25, 0.3) is 0 Å². The van der Waals surface area contributed by atoms with Crippen molar-refractivity contribution in [2.24, 2.45) is 0 Å². The van der Waals surface area contributed by atoms with E-state index in [-0.39, 0.29) is 4.90 Å². The second-order valence-electron chi connectivity index (χ2n) is 4.01. The van der Waals surface area contributed by atoms with Gasteiger partial charge in [0.1, 0.15) is 4.90 Å². The Morgan fingerprint density at radius 1 is 1.29 bits per heavy atom. The van der Waals surface area contributed by atoms with Gasteiger partial charge in [0, 0.05) is 13.1 Å². The lowest BCUT2D eigenvalue weighted by atomic mass is 10.2. The van der Waals surface area contributed by atoms with Crippen molar-refractivity contribution in [3.8, 4) is 0 Å². The fraction of sp³-hybridized carbons (Fsp3) is 0.455. The molecular formula is C11H16N2O3S. The number of morpholine rings is 1. The molecule has 0 radical (unpaired) electrons. The van der Waals surface area contributed by atoms with Crippen LogP contribution in [-0.2, 0) is 14.8 Å². The van der Waals surface area contributed by atoms with E-state index in [1.54, 1.807) is 25.1 Å².